The Kier molecular flexibility index (Phi) is 5.31. The number of piperazine rings is 1. The first-order valence-corrected chi connectivity index (χ1v) is 10.9. The molecule has 0 bridgehead atoms. The zero-order chi connectivity index (χ0) is 22.1. The molecule has 2 aromatic heterocycles. The molecule has 7 nitrogen and oxygen atoms in total. The predicted octanol–water partition coefficient (Wildman–Crippen LogP) is 3.23. The molecule has 162 valence electrons. The molecule has 5 rings (SSSR count). The lowest BCUT2D eigenvalue weighted by Crippen LogP contribution is -2.49. The minimum absolute atomic E-state index is 0.0408. The van der Waals surface area contributed by atoms with Crippen LogP contribution in [0.4, 0.5) is 11.5 Å². The smallest absolute Gasteiger partial charge is 0.260 e. The maximum Gasteiger partial charge on any atom is 0.260 e. The van der Waals surface area contributed by atoms with Gasteiger partial charge in [-0.2, -0.15) is 0 Å². The Morgan fingerprint density at radius 3 is 2.41 bits per heavy atom. The molecule has 2 aliphatic heterocycles. The molecule has 1 unspecified atom stereocenters. The van der Waals surface area contributed by atoms with Crippen LogP contribution in [-0.4, -0.2) is 52.9 Å². The number of benzene rings is 1. The summed E-state index contributed by atoms with van der Waals surface area (Å²) in [6.07, 6.45) is 3.69. The lowest BCUT2D eigenvalue weighted by atomic mass is 10.1. The first-order valence-electron chi connectivity index (χ1n) is 10.9. The van der Waals surface area contributed by atoms with E-state index in [4.69, 9.17) is 0 Å². The van der Waals surface area contributed by atoms with E-state index < -0.39 is 6.04 Å². The molecule has 0 spiro atoms. The fraction of sp³-hybridized carbons (Fsp3) is 0.280. The lowest BCUT2D eigenvalue weighted by molar-refractivity contribution is -0.131. The number of carbonyl (C=O) groups excluding carboxylic acids is 2. The molecule has 0 radical (unpaired) electrons. The molecular formula is C25H25N5O2. The van der Waals surface area contributed by atoms with Gasteiger partial charge in [-0.3, -0.25) is 19.5 Å². The number of rotatable bonds is 4. The Morgan fingerprint density at radius 2 is 1.69 bits per heavy atom. The van der Waals surface area contributed by atoms with Gasteiger partial charge in [0.15, 0.2) is 0 Å². The molecule has 32 heavy (non-hydrogen) atoms. The van der Waals surface area contributed by atoms with Crippen LogP contribution in [0.5, 0.6) is 0 Å². The average molecular weight is 428 g/mol. The van der Waals surface area contributed by atoms with Crippen molar-refractivity contribution in [2.24, 2.45) is 0 Å². The number of aromatic nitrogens is 2. The van der Waals surface area contributed by atoms with Gasteiger partial charge in [-0.15, -0.1) is 0 Å². The Morgan fingerprint density at radius 1 is 0.938 bits per heavy atom. The highest BCUT2D eigenvalue weighted by atomic mass is 16.2. The minimum atomic E-state index is -0.400. The summed E-state index contributed by atoms with van der Waals surface area (Å²) in [6, 6.07) is 16.9. The van der Waals surface area contributed by atoms with E-state index in [0.717, 1.165) is 30.2 Å². The second-order valence-electron chi connectivity index (χ2n) is 8.22. The van der Waals surface area contributed by atoms with Gasteiger partial charge >= 0.3 is 0 Å². The monoisotopic (exact) mass is 427 g/mol. The highest BCUT2D eigenvalue weighted by Crippen LogP contribution is 2.38. The normalized spacial score (nSPS) is 18.1. The van der Waals surface area contributed by atoms with E-state index in [9.17, 15) is 9.59 Å². The number of hydrogen-bond donors (Lipinski definition) is 0. The number of anilines is 2. The number of fused-ring (bicyclic) bond motifs is 1. The summed E-state index contributed by atoms with van der Waals surface area (Å²) >= 11 is 0. The summed E-state index contributed by atoms with van der Waals surface area (Å²) in [5.41, 5.74) is 3.16. The fourth-order valence-electron chi connectivity index (χ4n) is 4.47. The van der Waals surface area contributed by atoms with E-state index in [1.165, 1.54) is 0 Å². The maximum atomic E-state index is 13.3. The number of carbonyl (C=O) groups is 2. The molecule has 4 heterocycles. The topological polar surface area (TPSA) is 69.6 Å². The molecule has 1 saturated heterocycles. The summed E-state index contributed by atoms with van der Waals surface area (Å²) in [5, 5.41) is 0. The Balaban J connectivity index is 1.34. The second kappa shape index (κ2) is 8.42. The lowest BCUT2D eigenvalue weighted by Gasteiger charge is -2.36. The van der Waals surface area contributed by atoms with E-state index in [0.29, 0.717) is 24.3 Å². The van der Waals surface area contributed by atoms with E-state index in [-0.39, 0.29) is 18.2 Å². The maximum absolute atomic E-state index is 13.3. The number of hydrogen-bond acceptors (Lipinski definition) is 5. The molecule has 2 amide bonds. The van der Waals surface area contributed by atoms with Crippen LogP contribution >= 0.6 is 0 Å². The third-order valence-electron chi connectivity index (χ3n) is 6.20. The summed E-state index contributed by atoms with van der Waals surface area (Å²) in [7, 11) is 0. The zero-order valence-electron chi connectivity index (χ0n) is 18.0. The van der Waals surface area contributed by atoms with Gasteiger partial charge in [0.25, 0.3) is 5.91 Å². The van der Waals surface area contributed by atoms with Gasteiger partial charge in [-0.25, -0.2) is 4.98 Å². The SMILES string of the molecule is Cc1ccc(N2C(=O)c3cccnc3C2CC(=O)N2CCN(c3ccccn3)CC2)cc1. The van der Waals surface area contributed by atoms with Gasteiger partial charge < -0.3 is 9.80 Å². The van der Waals surface area contributed by atoms with E-state index in [1.807, 2.05) is 54.3 Å². The molecule has 0 saturated carbocycles. The largest absolute Gasteiger partial charge is 0.353 e. The number of aryl methyl sites for hydroxylation is 1. The van der Waals surface area contributed by atoms with E-state index >= 15 is 0 Å². The van der Waals surface area contributed by atoms with Gasteiger partial charge in [0, 0.05) is 44.3 Å². The van der Waals surface area contributed by atoms with Gasteiger partial charge in [-0.1, -0.05) is 23.8 Å². The molecule has 0 N–H and O–H groups in total. The van der Waals surface area contributed by atoms with Crippen molar-refractivity contribution in [3.8, 4) is 0 Å². The molecule has 1 atom stereocenters. The summed E-state index contributed by atoms with van der Waals surface area (Å²) < 4.78 is 0. The number of amides is 2. The Hall–Kier alpha value is -3.74. The summed E-state index contributed by atoms with van der Waals surface area (Å²) in [6.45, 7) is 4.76. The van der Waals surface area contributed by atoms with Crippen LogP contribution in [0.25, 0.3) is 0 Å². The average Bonchev–Trinajstić information content (AvgIpc) is 3.12. The van der Waals surface area contributed by atoms with E-state index in [1.54, 1.807) is 29.4 Å². The van der Waals surface area contributed by atoms with Crippen LogP contribution in [0.15, 0.2) is 67.0 Å². The highest BCUT2D eigenvalue weighted by molar-refractivity contribution is 6.11. The van der Waals surface area contributed by atoms with Crippen molar-refractivity contribution in [1.29, 1.82) is 0 Å². The van der Waals surface area contributed by atoms with Crippen LogP contribution in [-0.2, 0) is 4.79 Å². The van der Waals surface area contributed by atoms with E-state index in [2.05, 4.69) is 14.9 Å². The third kappa shape index (κ3) is 3.70. The molecule has 1 fully saturated rings. The van der Waals surface area contributed by atoms with Gasteiger partial charge in [-0.05, 0) is 43.3 Å². The first kappa shape index (κ1) is 20.2. The molecule has 0 aliphatic carbocycles. The zero-order valence-corrected chi connectivity index (χ0v) is 18.0. The van der Waals surface area contributed by atoms with Crippen molar-refractivity contribution in [3.63, 3.8) is 0 Å². The highest BCUT2D eigenvalue weighted by Gasteiger charge is 2.40. The van der Waals surface area contributed by atoms with Crippen LogP contribution in [0.1, 0.15) is 34.1 Å². The molecule has 1 aromatic carbocycles. The number of pyridine rings is 2. The number of nitrogens with zero attached hydrogens (tertiary/aromatic N) is 5. The quantitative estimate of drug-likeness (QED) is 0.639. The van der Waals surface area contributed by atoms with Crippen molar-refractivity contribution in [3.05, 3.63) is 83.8 Å². The van der Waals surface area contributed by atoms with Crippen molar-refractivity contribution >= 4 is 23.3 Å². The summed E-state index contributed by atoms with van der Waals surface area (Å²) in [4.78, 5) is 41.2. The molecule has 7 heteroatoms. The van der Waals surface area contributed by atoms with Crippen molar-refractivity contribution < 1.29 is 9.59 Å². The Labute approximate surface area is 187 Å². The van der Waals surface area contributed by atoms with Crippen molar-refractivity contribution in [2.75, 3.05) is 36.0 Å². The molecular weight excluding hydrogens is 402 g/mol. The van der Waals surface area contributed by atoms with Crippen molar-refractivity contribution in [1.82, 2.24) is 14.9 Å². The van der Waals surface area contributed by atoms with Crippen LogP contribution in [0.2, 0.25) is 0 Å². The Bertz CT molecular complexity index is 1120. The van der Waals surface area contributed by atoms with Gasteiger partial charge in [0.2, 0.25) is 5.91 Å². The van der Waals surface area contributed by atoms with Gasteiger partial charge in [0.05, 0.1) is 23.7 Å². The minimum Gasteiger partial charge on any atom is -0.353 e. The fourth-order valence-corrected chi connectivity index (χ4v) is 4.47. The predicted molar refractivity (Wildman–Crippen MR) is 123 cm³/mol. The summed E-state index contributed by atoms with van der Waals surface area (Å²) in [5.74, 6) is 0.874. The molecule has 3 aromatic rings. The first-order chi connectivity index (χ1) is 15.6. The third-order valence-corrected chi connectivity index (χ3v) is 6.20. The second-order valence-corrected chi connectivity index (χ2v) is 8.22. The van der Waals surface area contributed by atoms with Crippen LogP contribution < -0.4 is 9.80 Å². The van der Waals surface area contributed by atoms with Crippen LogP contribution in [0, 0.1) is 6.92 Å². The standard InChI is InChI=1S/C25H25N5O2/c1-18-7-9-19(10-8-18)30-21(24-20(25(30)32)5-4-12-27-24)17-23(31)29-15-13-28(14-16-29)22-6-2-3-11-26-22/h2-12,21H,13-17H2,1H3. The van der Waals surface area contributed by atoms with Crippen molar-refractivity contribution in [2.45, 2.75) is 19.4 Å². The molecule has 2 aliphatic rings. The van der Waals surface area contributed by atoms with Crippen LogP contribution in [0.3, 0.4) is 0 Å². The van der Waals surface area contributed by atoms with Gasteiger partial charge in [0.1, 0.15) is 5.82 Å².